The Hall–Kier alpha value is -2.22. The monoisotopic (exact) mass is 349 g/mol. The Morgan fingerprint density at radius 1 is 1.38 bits per heavy atom. The molecule has 8 heteroatoms. The van der Waals surface area contributed by atoms with Gasteiger partial charge in [-0.05, 0) is 39.0 Å². The second kappa shape index (κ2) is 6.01. The average molecular weight is 349 g/mol. The Kier molecular flexibility index (Phi) is 4.16. The second-order valence-corrected chi connectivity index (χ2v) is 7.17. The number of carbonyl (C=O) groups excluding carboxylic acids is 1. The first-order valence-corrected chi connectivity index (χ1v) is 8.76. The van der Waals surface area contributed by atoms with Gasteiger partial charge in [0.15, 0.2) is 5.82 Å². The topological polar surface area (TPSA) is 97.4 Å². The fraction of sp³-hybridized carbons (Fsp3) is 0.438. The van der Waals surface area contributed by atoms with Crippen LogP contribution >= 0.6 is 11.8 Å². The van der Waals surface area contributed by atoms with Crippen molar-refractivity contribution in [3.05, 3.63) is 34.8 Å². The minimum absolute atomic E-state index is 0.375. The number of aliphatic carboxylic acids is 1. The zero-order valence-corrected chi connectivity index (χ0v) is 14.6. The Morgan fingerprint density at radius 3 is 2.67 bits per heavy atom. The molecule has 1 amide bonds. The predicted octanol–water partition coefficient (Wildman–Crippen LogP) is 2.08. The van der Waals surface area contributed by atoms with Crippen LogP contribution in [0.4, 0.5) is 0 Å². The molecule has 3 rings (SSSR count). The van der Waals surface area contributed by atoms with Gasteiger partial charge in [-0.2, -0.15) is 11.8 Å². The van der Waals surface area contributed by atoms with Crippen molar-refractivity contribution in [1.29, 1.82) is 0 Å². The fourth-order valence-corrected chi connectivity index (χ4v) is 4.30. The highest BCUT2D eigenvalue weighted by Crippen LogP contribution is 2.29. The number of amides is 1. The Balaban J connectivity index is 1.93. The number of carbonyl (C=O) groups is 2. The van der Waals surface area contributed by atoms with E-state index in [1.165, 1.54) is 11.8 Å². The van der Waals surface area contributed by atoms with Crippen molar-refractivity contribution in [2.24, 2.45) is 0 Å². The highest BCUT2D eigenvalue weighted by Gasteiger charge is 2.43. The van der Waals surface area contributed by atoms with Crippen molar-refractivity contribution in [1.82, 2.24) is 15.0 Å². The van der Waals surface area contributed by atoms with E-state index in [4.69, 9.17) is 4.52 Å². The molecule has 0 radical (unpaired) electrons. The first kappa shape index (κ1) is 16.6. The molecule has 0 aromatic carbocycles. The zero-order chi connectivity index (χ0) is 17.5. The molecule has 2 N–H and O–H groups in total. The van der Waals surface area contributed by atoms with Crippen LogP contribution in [0, 0.1) is 20.8 Å². The Labute approximate surface area is 143 Å². The third-order valence-electron chi connectivity index (χ3n) is 4.30. The summed E-state index contributed by atoms with van der Waals surface area (Å²) in [6, 6.07) is 3.53. The third kappa shape index (κ3) is 2.71. The van der Waals surface area contributed by atoms with Gasteiger partial charge in [-0.1, -0.05) is 5.16 Å². The molecule has 0 spiro atoms. The van der Waals surface area contributed by atoms with Crippen molar-refractivity contribution < 1.29 is 19.2 Å². The minimum Gasteiger partial charge on any atom is -0.479 e. The summed E-state index contributed by atoms with van der Waals surface area (Å²) in [4.78, 5) is 24.3. The smallest absolute Gasteiger partial charge is 0.330 e. The van der Waals surface area contributed by atoms with E-state index < -0.39 is 11.5 Å². The number of nitrogens with one attached hydrogen (secondary N) is 1. The summed E-state index contributed by atoms with van der Waals surface area (Å²) in [5.74, 6) is 1.03. The summed E-state index contributed by atoms with van der Waals surface area (Å²) in [5.41, 5.74) is 0.792. The van der Waals surface area contributed by atoms with Gasteiger partial charge in [0.1, 0.15) is 11.3 Å². The molecule has 1 atom stereocenters. The Bertz CT molecular complexity index is 802. The van der Waals surface area contributed by atoms with Crippen LogP contribution in [0.15, 0.2) is 16.7 Å². The summed E-state index contributed by atoms with van der Waals surface area (Å²) in [6.07, 6.45) is 0.431. The van der Waals surface area contributed by atoms with Crippen molar-refractivity contribution in [2.45, 2.75) is 32.7 Å². The first-order chi connectivity index (χ1) is 11.3. The van der Waals surface area contributed by atoms with Crippen molar-refractivity contribution in [3.63, 3.8) is 0 Å². The molecular formula is C16H19N3O4S. The van der Waals surface area contributed by atoms with E-state index in [2.05, 4.69) is 10.5 Å². The van der Waals surface area contributed by atoms with E-state index in [0.717, 1.165) is 11.4 Å². The number of carboxylic acids is 1. The van der Waals surface area contributed by atoms with Crippen LogP contribution in [0.2, 0.25) is 0 Å². The van der Waals surface area contributed by atoms with Gasteiger partial charge < -0.3 is 14.9 Å². The number of carboxylic acid groups (broad SMARTS) is 1. The normalized spacial score (nSPS) is 20.3. The molecule has 3 heterocycles. The van der Waals surface area contributed by atoms with Crippen LogP contribution in [0.5, 0.6) is 0 Å². The SMILES string of the molecule is Cc1cc(-n2c(C)cc(C(=O)NC3(C(=O)O)CCSC3)c2C)no1. The fourth-order valence-electron chi connectivity index (χ4n) is 2.97. The van der Waals surface area contributed by atoms with Gasteiger partial charge in [-0.15, -0.1) is 0 Å². The second-order valence-electron chi connectivity index (χ2n) is 6.06. The quantitative estimate of drug-likeness (QED) is 0.877. The molecule has 0 saturated carbocycles. The average Bonchev–Trinajstić information content (AvgIpc) is 3.20. The minimum atomic E-state index is -1.19. The summed E-state index contributed by atoms with van der Waals surface area (Å²) in [6.45, 7) is 5.47. The molecule has 1 aliphatic heterocycles. The van der Waals surface area contributed by atoms with E-state index in [0.29, 0.717) is 35.0 Å². The van der Waals surface area contributed by atoms with Crippen LogP contribution in [0.25, 0.3) is 5.82 Å². The van der Waals surface area contributed by atoms with Gasteiger partial charge in [-0.3, -0.25) is 9.36 Å². The predicted molar refractivity (Wildman–Crippen MR) is 89.8 cm³/mol. The number of nitrogens with zero attached hydrogens (tertiary/aromatic N) is 2. The van der Waals surface area contributed by atoms with E-state index in [1.54, 1.807) is 19.1 Å². The molecule has 1 fully saturated rings. The maximum Gasteiger partial charge on any atom is 0.330 e. The summed E-state index contributed by atoms with van der Waals surface area (Å²) < 4.78 is 6.92. The lowest BCUT2D eigenvalue weighted by molar-refractivity contribution is -0.143. The van der Waals surface area contributed by atoms with Crippen LogP contribution in [-0.4, -0.2) is 43.8 Å². The highest BCUT2D eigenvalue weighted by atomic mass is 32.2. The number of hydrogen-bond donors (Lipinski definition) is 2. The van der Waals surface area contributed by atoms with Crippen molar-refractivity contribution >= 4 is 23.6 Å². The van der Waals surface area contributed by atoms with Crippen LogP contribution in [0.3, 0.4) is 0 Å². The Morgan fingerprint density at radius 2 is 2.12 bits per heavy atom. The molecule has 1 saturated heterocycles. The van der Waals surface area contributed by atoms with Crippen LogP contribution in [-0.2, 0) is 4.79 Å². The number of aromatic nitrogens is 2. The van der Waals surface area contributed by atoms with Gasteiger partial charge in [0, 0.05) is 23.2 Å². The number of aryl methyl sites for hydroxylation is 2. The van der Waals surface area contributed by atoms with E-state index in [1.807, 2.05) is 18.4 Å². The summed E-state index contributed by atoms with van der Waals surface area (Å²) in [7, 11) is 0. The molecule has 7 nitrogen and oxygen atoms in total. The first-order valence-electron chi connectivity index (χ1n) is 7.60. The number of thioether (sulfide) groups is 1. The lowest BCUT2D eigenvalue weighted by atomic mass is 9.98. The van der Waals surface area contributed by atoms with Crippen molar-refractivity contribution in [2.75, 3.05) is 11.5 Å². The van der Waals surface area contributed by atoms with Crippen LogP contribution < -0.4 is 5.32 Å². The van der Waals surface area contributed by atoms with Gasteiger partial charge >= 0.3 is 5.97 Å². The standard InChI is InChI=1S/C16H19N3O4S/c1-9-6-12(11(3)19(9)13-7-10(2)23-18-13)14(20)17-16(15(21)22)4-5-24-8-16/h6-7H,4-5,8H2,1-3H3,(H,17,20)(H,21,22). The van der Waals surface area contributed by atoms with E-state index in [9.17, 15) is 14.7 Å². The molecule has 2 aromatic heterocycles. The molecule has 128 valence electrons. The van der Waals surface area contributed by atoms with Gasteiger partial charge in [0.25, 0.3) is 5.91 Å². The lowest BCUT2D eigenvalue weighted by Gasteiger charge is -2.24. The third-order valence-corrected chi connectivity index (χ3v) is 5.49. The van der Waals surface area contributed by atoms with E-state index >= 15 is 0 Å². The van der Waals surface area contributed by atoms with Gasteiger partial charge in [0.05, 0.1) is 5.56 Å². The maximum atomic E-state index is 12.7. The molecule has 0 bridgehead atoms. The molecule has 1 unspecified atom stereocenters. The number of hydrogen-bond acceptors (Lipinski definition) is 5. The lowest BCUT2D eigenvalue weighted by Crippen LogP contribution is -2.54. The summed E-state index contributed by atoms with van der Waals surface area (Å²) >= 11 is 1.54. The van der Waals surface area contributed by atoms with Gasteiger partial charge in [0.2, 0.25) is 0 Å². The molecule has 24 heavy (non-hydrogen) atoms. The van der Waals surface area contributed by atoms with Crippen molar-refractivity contribution in [3.8, 4) is 5.82 Å². The molecule has 2 aromatic rings. The largest absolute Gasteiger partial charge is 0.479 e. The highest BCUT2D eigenvalue weighted by molar-refractivity contribution is 7.99. The van der Waals surface area contributed by atoms with E-state index in [-0.39, 0.29) is 5.91 Å². The maximum absolute atomic E-state index is 12.7. The van der Waals surface area contributed by atoms with Crippen LogP contribution in [0.1, 0.15) is 33.9 Å². The molecular weight excluding hydrogens is 330 g/mol. The summed E-state index contributed by atoms with van der Waals surface area (Å²) in [5, 5.41) is 16.2. The molecule has 1 aliphatic rings. The zero-order valence-electron chi connectivity index (χ0n) is 13.8. The number of rotatable bonds is 4. The van der Waals surface area contributed by atoms with Gasteiger partial charge in [-0.25, -0.2) is 4.79 Å². The molecule has 0 aliphatic carbocycles.